The number of rotatable bonds is 3. The number of carboxylic acid groups (broad SMARTS) is 1. The second kappa shape index (κ2) is 4.29. The van der Waals surface area contributed by atoms with Gasteiger partial charge in [-0.3, -0.25) is 9.59 Å². The lowest BCUT2D eigenvalue weighted by Gasteiger charge is -2.23. The molecule has 1 aromatic heterocycles. The number of nitrogens with zero attached hydrogens (tertiary/aromatic N) is 2. The van der Waals surface area contributed by atoms with Crippen molar-refractivity contribution < 1.29 is 19.4 Å². The molecule has 2 bridgehead atoms. The number of nitrogens with one attached hydrogen (secondary N) is 1. The number of fused-ring (bicyclic) bond motifs is 2. The average molecular weight is 269 g/mol. The molecule has 0 saturated carbocycles. The van der Waals surface area contributed by atoms with Crippen molar-refractivity contribution in [3.63, 3.8) is 0 Å². The third kappa shape index (κ3) is 1.77. The van der Waals surface area contributed by atoms with Gasteiger partial charge in [0.05, 0.1) is 24.0 Å². The molecular formula is C10H11N3O4S. The predicted octanol–water partition coefficient (Wildman–Crippen LogP) is 0.355. The molecule has 3 heterocycles. The summed E-state index contributed by atoms with van der Waals surface area (Å²) in [5.41, 5.74) is 1.50. The Hall–Kier alpha value is -1.54. The molecule has 0 unspecified atom stereocenters. The van der Waals surface area contributed by atoms with E-state index in [2.05, 4.69) is 15.5 Å². The van der Waals surface area contributed by atoms with Gasteiger partial charge in [-0.15, -0.1) is 10.2 Å². The van der Waals surface area contributed by atoms with Crippen LogP contribution in [0, 0.1) is 11.8 Å². The minimum Gasteiger partial charge on any atom is -0.481 e. The summed E-state index contributed by atoms with van der Waals surface area (Å²) in [7, 11) is 0. The minimum atomic E-state index is -0.973. The van der Waals surface area contributed by atoms with Crippen LogP contribution in [0.1, 0.15) is 12.8 Å². The Morgan fingerprint density at radius 3 is 2.72 bits per heavy atom. The van der Waals surface area contributed by atoms with E-state index in [1.54, 1.807) is 0 Å². The standard InChI is InChI=1S/C10H11N3O4S/c14-8(12-10-13-11-3-18-10)6-4-1-2-5(17-4)7(6)9(15)16/h3-7H,1-2H2,(H,15,16)(H,12,13,14)/t4-,5-,6-,7-/m0/s1. The number of aromatic nitrogens is 2. The van der Waals surface area contributed by atoms with Crippen molar-refractivity contribution >= 4 is 28.3 Å². The zero-order valence-electron chi connectivity index (χ0n) is 9.28. The molecule has 0 aliphatic carbocycles. The molecule has 1 amide bonds. The fraction of sp³-hybridized carbons (Fsp3) is 0.600. The SMILES string of the molecule is O=C(O)[C@@H]1[C@@H](C(=O)Nc2nncs2)[C@@H]2CC[C@@H]1O2. The van der Waals surface area contributed by atoms with Crippen LogP contribution < -0.4 is 5.32 Å². The first-order valence-electron chi connectivity index (χ1n) is 5.62. The lowest BCUT2D eigenvalue weighted by atomic mass is 9.79. The van der Waals surface area contributed by atoms with Crippen molar-refractivity contribution in [3.05, 3.63) is 5.51 Å². The van der Waals surface area contributed by atoms with Gasteiger partial charge in [-0.25, -0.2) is 0 Å². The van der Waals surface area contributed by atoms with Crippen molar-refractivity contribution in [2.24, 2.45) is 11.8 Å². The minimum absolute atomic E-state index is 0.288. The van der Waals surface area contributed by atoms with Gasteiger partial charge in [-0.2, -0.15) is 0 Å². The summed E-state index contributed by atoms with van der Waals surface area (Å²) in [5, 5.41) is 19.5. The molecule has 1 aromatic rings. The highest BCUT2D eigenvalue weighted by Gasteiger charge is 2.55. The van der Waals surface area contributed by atoms with Gasteiger partial charge in [-0.05, 0) is 12.8 Å². The van der Waals surface area contributed by atoms with Gasteiger partial charge >= 0.3 is 5.97 Å². The van der Waals surface area contributed by atoms with Crippen LogP contribution in [0.25, 0.3) is 0 Å². The highest BCUT2D eigenvalue weighted by Crippen LogP contribution is 2.44. The van der Waals surface area contributed by atoms with Gasteiger partial charge in [0.15, 0.2) is 0 Å². The molecule has 2 aliphatic rings. The second-order valence-corrected chi connectivity index (χ2v) is 5.25. The molecule has 4 atom stereocenters. The number of carbonyl (C=O) groups excluding carboxylic acids is 1. The Bertz CT molecular complexity index is 477. The molecule has 2 fully saturated rings. The fourth-order valence-corrected chi connectivity index (χ4v) is 3.19. The van der Waals surface area contributed by atoms with Crippen molar-refractivity contribution in [2.75, 3.05) is 5.32 Å². The molecule has 0 spiro atoms. The summed E-state index contributed by atoms with van der Waals surface area (Å²) in [5.74, 6) is -2.70. The van der Waals surface area contributed by atoms with Gasteiger partial charge < -0.3 is 15.2 Å². The smallest absolute Gasteiger partial charge is 0.310 e. The summed E-state index contributed by atoms with van der Waals surface area (Å²) in [6.45, 7) is 0. The molecule has 8 heteroatoms. The zero-order chi connectivity index (χ0) is 12.7. The van der Waals surface area contributed by atoms with E-state index in [-0.39, 0.29) is 18.1 Å². The number of carbonyl (C=O) groups is 2. The van der Waals surface area contributed by atoms with Crippen LogP contribution >= 0.6 is 11.3 Å². The molecule has 0 radical (unpaired) electrons. The largest absolute Gasteiger partial charge is 0.481 e. The van der Waals surface area contributed by atoms with Crippen LogP contribution in [0.4, 0.5) is 5.13 Å². The molecule has 0 aromatic carbocycles. The quantitative estimate of drug-likeness (QED) is 0.821. The summed E-state index contributed by atoms with van der Waals surface area (Å²) >= 11 is 1.20. The Morgan fingerprint density at radius 2 is 2.11 bits per heavy atom. The topological polar surface area (TPSA) is 101 Å². The highest BCUT2D eigenvalue weighted by atomic mass is 32.1. The normalized spacial score (nSPS) is 33.6. The van der Waals surface area contributed by atoms with Crippen LogP contribution in [0.5, 0.6) is 0 Å². The molecule has 2 N–H and O–H groups in total. The molecule has 3 rings (SSSR count). The van der Waals surface area contributed by atoms with E-state index in [0.717, 1.165) is 6.42 Å². The monoisotopic (exact) mass is 269 g/mol. The first-order valence-corrected chi connectivity index (χ1v) is 6.50. The van der Waals surface area contributed by atoms with E-state index in [4.69, 9.17) is 4.74 Å². The third-order valence-electron chi connectivity index (χ3n) is 3.45. The second-order valence-electron chi connectivity index (χ2n) is 4.41. The number of ether oxygens (including phenoxy) is 1. The number of anilines is 1. The van der Waals surface area contributed by atoms with Crippen molar-refractivity contribution in [1.82, 2.24) is 10.2 Å². The van der Waals surface area contributed by atoms with Gasteiger partial charge in [0, 0.05) is 0 Å². The molecule has 18 heavy (non-hydrogen) atoms. The molecule has 2 saturated heterocycles. The van der Waals surface area contributed by atoms with Crippen LogP contribution in [0.15, 0.2) is 5.51 Å². The summed E-state index contributed by atoms with van der Waals surface area (Å²) in [6.07, 6.45) is 0.828. The fourth-order valence-electron chi connectivity index (χ4n) is 2.74. The van der Waals surface area contributed by atoms with Gasteiger partial charge in [-0.1, -0.05) is 11.3 Å². The van der Waals surface area contributed by atoms with Crippen LogP contribution in [0.2, 0.25) is 0 Å². The molecule has 2 aliphatic heterocycles. The van der Waals surface area contributed by atoms with E-state index in [9.17, 15) is 14.7 Å². The Balaban J connectivity index is 1.78. The lowest BCUT2D eigenvalue weighted by Crippen LogP contribution is -2.40. The lowest BCUT2D eigenvalue weighted by molar-refractivity contribution is -0.147. The number of carboxylic acids is 1. The number of aliphatic carboxylic acids is 1. The van der Waals surface area contributed by atoms with Crippen LogP contribution in [0.3, 0.4) is 0 Å². The van der Waals surface area contributed by atoms with E-state index >= 15 is 0 Å². The van der Waals surface area contributed by atoms with Crippen molar-refractivity contribution in [2.45, 2.75) is 25.0 Å². The molecule has 96 valence electrons. The third-order valence-corrected chi connectivity index (χ3v) is 4.06. The number of hydrogen-bond acceptors (Lipinski definition) is 6. The Labute approximate surface area is 106 Å². The van der Waals surface area contributed by atoms with E-state index < -0.39 is 17.8 Å². The van der Waals surface area contributed by atoms with Crippen molar-refractivity contribution in [3.8, 4) is 0 Å². The number of amides is 1. The molecular weight excluding hydrogens is 258 g/mol. The zero-order valence-corrected chi connectivity index (χ0v) is 10.1. The van der Waals surface area contributed by atoms with E-state index in [1.807, 2.05) is 0 Å². The Kier molecular flexibility index (Phi) is 2.75. The van der Waals surface area contributed by atoms with Gasteiger partial charge in [0.25, 0.3) is 0 Å². The van der Waals surface area contributed by atoms with Gasteiger partial charge in [0.1, 0.15) is 5.51 Å². The maximum Gasteiger partial charge on any atom is 0.310 e. The average Bonchev–Trinajstić information content (AvgIpc) is 3.03. The maximum absolute atomic E-state index is 12.1. The predicted molar refractivity (Wildman–Crippen MR) is 61.0 cm³/mol. The Morgan fingerprint density at radius 1 is 1.39 bits per heavy atom. The maximum atomic E-state index is 12.1. The summed E-state index contributed by atoms with van der Waals surface area (Å²) in [4.78, 5) is 23.3. The van der Waals surface area contributed by atoms with Crippen LogP contribution in [-0.4, -0.2) is 39.4 Å². The first kappa shape index (κ1) is 11.5. The van der Waals surface area contributed by atoms with Gasteiger partial charge in [0.2, 0.25) is 11.0 Å². The first-order chi connectivity index (χ1) is 8.66. The highest BCUT2D eigenvalue weighted by molar-refractivity contribution is 7.13. The van der Waals surface area contributed by atoms with Crippen LogP contribution in [-0.2, 0) is 14.3 Å². The van der Waals surface area contributed by atoms with Crippen molar-refractivity contribution in [1.29, 1.82) is 0 Å². The van der Waals surface area contributed by atoms with E-state index in [1.165, 1.54) is 16.8 Å². The summed E-state index contributed by atoms with van der Waals surface area (Å²) < 4.78 is 5.52. The summed E-state index contributed by atoms with van der Waals surface area (Å²) in [6, 6.07) is 0. The molecule has 7 nitrogen and oxygen atoms in total. The van der Waals surface area contributed by atoms with E-state index in [0.29, 0.717) is 11.6 Å². The number of hydrogen-bond donors (Lipinski definition) is 2.